The van der Waals surface area contributed by atoms with E-state index in [1.54, 1.807) is 16.2 Å². The van der Waals surface area contributed by atoms with Gasteiger partial charge in [-0.3, -0.25) is 4.79 Å². The van der Waals surface area contributed by atoms with Gasteiger partial charge in [0.05, 0.1) is 5.92 Å². The van der Waals surface area contributed by atoms with Crippen LogP contribution in [0.1, 0.15) is 32.1 Å². The summed E-state index contributed by atoms with van der Waals surface area (Å²) in [7, 11) is 0. The monoisotopic (exact) mass is 324 g/mol. The SMILES string of the molecule is CC(C)(C)OC(=O)N1CC[C@H](C(=O)NCCc2cccs2)C1. The Morgan fingerprint density at radius 1 is 1.45 bits per heavy atom. The van der Waals surface area contributed by atoms with Crippen molar-refractivity contribution in [2.45, 2.75) is 39.2 Å². The van der Waals surface area contributed by atoms with Gasteiger partial charge in [0.1, 0.15) is 5.60 Å². The number of amides is 2. The number of likely N-dealkylation sites (tertiary alicyclic amines) is 1. The predicted molar refractivity (Wildman–Crippen MR) is 86.9 cm³/mol. The molecule has 0 saturated carbocycles. The number of nitrogens with zero attached hydrogens (tertiary/aromatic N) is 1. The van der Waals surface area contributed by atoms with E-state index in [9.17, 15) is 9.59 Å². The molecule has 5 nitrogen and oxygen atoms in total. The average Bonchev–Trinajstić information content (AvgIpc) is 3.08. The zero-order chi connectivity index (χ0) is 16.2. The Morgan fingerprint density at radius 2 is 2.23 bits per heavy atom. The summed E-state index contributed by atoms with van der Waals surface area (Å²) in [5.74, 6) is -0.0986. The van der Waals surface area contributed by atoms with Crippen LogP contribution in [-0.4, -0.2) is 42.1 Å². The Kier molecular flexibility index (Phi) is 5.45. The largest absolute Gasteiger partial charge is 0.444 e. The molecule has 1 aromatic rings. The van der Waals surface area contributed by atoms with E-state index in [2.05, 4.69) is 11.4 Å². The number of ether oxygens (including phenoxy) is 1. The quantitative estimate of drug-likeness (QED) is 0.926. The normalized spacial score (nSPS) is 18.3. The molecule has 1 aromatic heterocycles. The standard InChI is InChI=1S/C16H24N2O3S/c1-16(2,3)21-15(20)18-9-7-12(11-18)14(19)17-8-6-13-5-4-10-22-13/h4-5,10,12H,6-9,11H2,1-3H3,(H,17,19)/t12-/m0/s1. The topological polar surface area (TPSA) is 58.6 Å². The molecule has 2 heterocycles. The summed E-state index contributed by atoms with van der Waals surface area (Å²) in [6.45, 7) is 7.20. The van der Waals surface area contributed by atoms with E-state index >= 15 is 0 Å². The second-order valence-electron chi connectivity index (χ2n) is 6.53. The fraction of sp³-hybridized carbons (Fsp3) is 0.625. The lowest BCUT2D eigenvalue weighted by atomic mass is 10.1. The number of nitrogens with one attached hydrogen (secondary N) is 1. The van der Waals surface area contributed by atoms with Gasteiger partial charge in [0.15, 0.2) is 0 Å². The summed E-state index contributed by atoms with van der Waals surface area (Å²) in [4.78, 5) is 27.0. The number of hydrogen-bond donors (Lipinski definition) is 1. The second-order valence-corrected chi connectivity index (χ2v) is 7.56. The molecule has 1 atom stereocenters. The summed E-state index contributed by atoms with van der Waals surface area (Å²) in [5.41, 5.74) is -0.502. The molecule has 1 saturated heterocycles. The van der Waals surface area contributed by atoms with Crippen molar-refractivity contribution in [2.75, 3.05) is 19.6 Å². The number of rotatable bonds is 4. The van der Waals surface area contributed by atoms with Gasteiger partial charge in [0.25, 0.3) is 0 Å². The van der Waals surface area contributed by atoms with Crippen molar-refractivity contribution in [1.82, 2.24) is 10.2 Å². The van der Waals surface area contributed by atoms with Gasteiger partial charge < -0.3 is 15.0 Å². The molecule has 0 bridgehead atoms. The lowest BCUT2D eigenvalue weighted by Crippen LogP contribution is -2.38. The van der Waals surface area contributed by atoms with Gasteiger partial charge in [-0.1, -0.05) is 6.07 Å². The van der Waals surface area contributed by atoms with Crippen molar-refractivity contribution < 1.29 is 14.3 Å². The molecule has 0 aliphatic carbocycles. The minimum atomic E-state index is -0.502. The predicted octanol–water partition coefficient (Wildman–Crippen LogP) is 2.66. The molecule has 0 radical (unpaired) electrons. The number of hydrogen-bond acceptors (Lipinski definition) is 4. The number of carbonyl (C=O) groups is 2. The van der Waals surface area contributed by atoms with Crippen molar-refractivity contribution in [3.8, 4) is 0 Å². The maximum absolute atomic E-state index is 12.1. The molecule has 0 aromatic carbocycles. The maximum Gasteiger partial charge on any atom is 0.410 e. The Hall–Kier alpha value is -1.56. The minimum Gasteiger partial charge on any atom is -0.444 e. The van der Waals surface area contributed by atoms with E-state index in [0.717, 1.165) is 6.42 Å². The van der Waals surface area contributed by atoms with Crippen molar-refractivity contribution >= 4 is 23.3 Å². The van der Waals surface area contributed by atoms with Gasteiger partial charge in [0, 0.05) is 24.5 Å². The van der Waals surface area contributed by atoms with Gasteiger partial charge >= 0.3 is 6.09 Å². The molecule has 1 aliphatic heterocycles. The maximum atomic E-state index is 12.1. The fourth-order valence-corrected chi connectivity index (χ4v) is 3.08. The Morgan fingerprint density at radius 3 is 2.86 bits per heavy atom. The summed E-state index contributed by atoms with van der Waals surface area (Å²) in [5, 5.41) is 4.99. The first kappa shape index (κ1) is 16.8. The second kappa shape index (κ2) is 7.13. The van der Waals surface area contributed by atoms with Gasteiger partial charge in [-0.15, -0.1) is 11.3 Å². The van der Waals surface area contributed by atoms with E-state index in [-0.39, 0.29) is 17.9 Å². The molecule has 2 rings (SSSR count). The van der Waals surface area contributed by atoms with E-state index in [4.69, 9.17) is 4.74 Å². The van der Waals surface area contributed by atoms with Crippen LogP contribution in [0.5, 0.6) is 0 Å². The van der Waals surface area contributed by atoms with Gasteiger partial charge in [-0.25, -0.2) is 4.79 Å². The van der Waals surface area contributed by atoms with E-state index < -0.39 is 5.60 Å². The van der Waals surface area contributed by atoms with Crippen LogP contribution in [0.4, 0.5) is 4.79 Å². The highest BCUT2D eigenvalue weighted by atomic mass is 32.1. The van der Waals surface area contributed by atoms with Crippen molar-refractivity contribution in [1.29, 1.82) is 0 Å². The average molecular weight is 324 g/mol. The molecule has 0 spiro atoms. The van der Waals surface area contributed by atoms with Crippen molar-refractivity contribution in [3.63, 3.8) is 0 Å². The van der Waals surface area contributed by atoms with Crippen LogP contribution < -0.4 is 5.32 Å². The van der Waals surface area contributed by atoms with E-state index in [0.29, 0.717) is 26.1 Å². The van der Waals surface area contributed by atoms with E-state index in [1.807, 2.05) is 32.2 Å². The Bertz CT molecular complexity index is 508. The third kappa shape index (κ3) is 5.02. The van der Waals surface area contributed by atoms with Gasteiger partial charge in [-0.05, 0) is 45.1 Å². The van der Waals surface area contributed by atoms with Crippen LogP contribution >= 0.6 is 11.3 Å². The van der Waals surface area contributed by atoms with E-state index in [1.165, 1.54) is 4.88 Å². The summed E-state index contributed by atoms with van der Waals surface area (Å²) >= 11 is 1.70. The Balaban J connectivity index is 1.72. The lowest BCUT2D eigenvalue weighted by Gasteiger charge is -2.24. The third-order valence-corrected chi connectivity index (χ3v) is 4.40. The van der Waals surface area contributed by atoms with Crippen LogP contribution in [0.25, 0.3) is 0 Å². The van der Waals surface area contributed by atoms with Crippen LogP contribution in [-0.2, 0) is 16.0 Å². The number of thiophene rings is 1. The van der Waals surface area contributed by atoms with Crippen LogP contribution in [0, 0.1) is 5.92 Å². The zero-order valence-corrected chi connectivity index (χ0v) is 14.2. The molecular formula is C16H24N2O3S. The smallest absolute Gasteiger partial charge is 0.410 e. The lowest BCUT2D eigenvalue weighted by molar-refractivity contribution is -0.124. The molecule has 0 unspecified atom stereocenters. The molecule has 1 fully saturated rings. The van der Waals surface area contributed by atoms with Gasteiger partial charge in [0.2, 0.25) is 5.91 Å². The molecule has 22 heavy (non-hydrogen) atoms. The fourth-order valence-electron chi connectivity index (χ4n) is 2.37. The molecular weight excluding hydrogens is 300 g/mol. The van der Waals surface area contributed by atoms with Crippen molar-refractivity contribution in [2.24, 2.45) is 5.92 Å². The highest BCUT2D eigenvalue weighted by Gasteiger charge is 2.33. The molecule has 2 amide bonds. The zero-order valence-electron chi connectivity index (χ0n) is 13.4. The van der Waals surface area contributed by atoms with Gasteiger partial charge in [-0.2, -0.15) is 0 Å². The molecule has 6 heteroatoms. The summed E-state index contributed by atoms with van der Waals surface area (Å²) < 4.78 is 5.34. The minimum absolute atomic E-state index is 0.0302. The van der Waals surface area contributed by atoms with Crippen LogP contribution in [0.15, 0.2) is 17.5 Å². The summed E-state index contributed by atoms with van der Waals surface area (Å²) in [6.07, 6.45) is 1.22. The first-order chi connectivity index (χ1) is 10.3. The first-order valence-electron chi connectivity index (χ1n) is 7.63. The highest BCUT2D eigenvalue weighted by molar-refractivity contribution is 7.09. The molecule has 1 N–H and O–H groups in total. The van der Waals surface area contributed by atoms with Crippen LogP contribution in [0.3, 0.4) is 0 Å². The first-order valence-corrected chi connectivity index (χ1v) is 8.51. The molecule has 122 valence electrons. The van der Waals surface area contributed by atoms with Crippen molar-refractivity contribution in [3.05, 3.63) is 22.4 Å². The van der Waals surface area contributed by atoms with Crippen LogP contribution in [0.2, 0.25) is 0 Å². The Labute approximate surface area is 135 Å². The summed E-state index contributed by atoms with van der Waals surface area (Å²) in [6, 6.07) is 4.08. The highest BCUT2D eigenvalue weighted by Crippen LogP contribution is 2.19. The number of carbonyl (C=O) groups excluding carboxylic acids is 2. The third-order valence-electron chi connectivity index (χ3n) is 3.46. The molecule has 1 aliphatic rings.